The molecule has 1 aliphatic carbocycles. The minimum atomic E-state index is 0.694. The maximum Gasteiger partial charge on any atom is 0.146 e. The first-order valence-electron chi connectivity index (χ1n) is 4.89. The first-order valence-corrected chi connectivity index (χ1v) is 5.89. The third-order valence-electron chi connectivity index (χ3n) is 2.47. The predicted octanol–water partition coefficient (Wildman–Crippen LogP) is 2.63. The molecule has 0 saturated carbocycles. The van der Waals surface area contributed by atoms with Crippen molar-refractivity contribution in [3.8, 4) is 0 Å². The number of benzene rings is 1. The second-order valence-corrected chi connectivity index (χ2v) is 4.90. The molecule has 2 heteroatoms. The van der Waals surface area contributed by atoms with Gasteiger partial charge in [0.1, 0.15) is 6.29 Å². The van der Waals surface area contributed by atoms with Crippen molar-refractivity contribution in [1.82, 2.24) is 0 Å². The van der Waals surface area contributed by atoms with Crippen LogP contribution in [0.4, 0.5) is 0 Å². The van der Waals surface area contributed by atoms with E-state index in [1.807, 2.05) is 6.07 Å². The highest BCUT2D eigenvalue weighted by Gasteiger charge is 2.13. The fourth-order valence-electron chi connectivity index (χ4n) is 1.74. The van der Waals surface area contributed by atoms with E-state index in [2.05, 4.69) is 24.3 Å². The average molecular weight is 204 g/mol. The molecular weight excluding hydrogens is 191 g/mol. The highest BCUT2D eigenvalue weighted by molar-refractivity contribution is 7.51. The van der Waals surface area contributed by atoms with E-state index in [9.17, 15) is 4.79 Å². The number of aldehydes is 1. The third kappa shape index (κ3) is 2.10. The van der Waals surface area contributed by atoms with E-state index in [1.54, 1.807) is 0 Å². The third-order valence-corrected chi connectivity index (χ3v) is 3.97. The van der Waals surface area contributed by atoms with Crippen molar-refractivity contribution in [2.24, 2.45) is 0 Å². The molecule has 0 aliphatic heterocycles. The van der Waals surface area contributed by atoms with Crippen molar-refractivity contribution < 1.29 is 4.79 Å². The van der Waals surface area contributed by atoms with E-state index < -0.39 is 0 Å². The second-order valence-electron chi connectivity index (χ2n) is 3.47. The first kappa shape index (κ1) is 9.61. The minimum absolute atomic E-state index is 0.694. The Labute approximate surface area is 86.0 Å². The normalized spacial score (nSPS) is 16.9. The molecule has 1 aromatic carbocycles. The van der Waals surface area contributed by atoms with Crippen LogP contribution in [0.5, 0.6) is 0 Å². The van der Waals surface area contributed by atoms with Gasteiger partial charge in [-0.2, -0.15) is 0 Å². The Bertz CT molecular complexity index is 354. The van der Waals surface area contributed by atoms with Crippen molar-refractivity contribution in [1.29, 1.82) is 0 Å². The summed E-state index contributed by atoms with van der Waals surface area (Å²) < 4.78 is 0. The van der Waals surface area contributed by atoms with Crippen molar-refractivity contribution in [2.45, 2.75) is 19.3 Å². The van der Waals surface area contributed by atoms with Crippen LogP contribution in [0.2, 0.25) is 0 Å². The monoisotopic (exact) mass is 204 g/mol. The fourth-order valence-corrected chi connectivity index (χ4v) is 3.09. The maximum atomic E-state index is 10.8. The van der Waals surface area contributed by atoms with Crippen LogP contribution in [0.25, 0.3) is 0 Å². The molecule has 1 atom stereocenters. The van der Waals surface area contributed by atoms with Gasteiger partial charge >= 0.3 is 0 Å². The van der Waals surface area contributed by atoms with Gasteiger partial charge < -0.3 is 0 Å². The van der Waals surface area contributed by atoms with Gasteiger partial charge in [-0.25, -0.2) is 0 Å². The van der Waals surface area contributed by atoms with Gasteiger partial charge in [0.15, 0.2) is 0 Å². The van der Waals surface area contributed by atoms with Gasteiger partial charge in [-0.05, 0) is 35.5 Å². The van der Waals surface area contributed by atoms with E-state index in [4.69, 9.17) is 0 Å². The zero-order valence-corrected chi connectivity index (χ0v) is 8.99. The van der Waals surface area contributed by atoms with Crippen LogP contribution in [-0.2, 0) is 4.79 Å². The Morgan fingerprint density at radius 1 is 1.14 bits per heavy atom. The van der Waals surface area contributed by atoms with Crippen molar-refractivity contribution in [3.05, 3.63) is 41.2 Å². The molecule has 1 nitrogen and oxygen atoms in total. The quantitative estimate of drug-likeness (QED) is 0.546. The summed E-state index contributed by atoms with van der Waals surface area (Å²) in [6, 6.07) is 10.4. The lowest BCUT2D eigenvalue weighted by Crippen LogP contribution is -1.92. The van der Waals surface area contributed by atoms with Crippen molar-refractivity contribution in [2.75, 3.05) is 0 Å². The summed E-state index contributed by atoms with van der Waals surface area (Å²) in [4.78, 5) is 10.8. The highest BCUT2D eigenvalue weighted by Crippen LogP contribution is 2.36. The van der Waals surface area contributed by atoms with Crippen LogP contribution in [0, 0.1) is 0 Å². The zero-order chi connectivity index (χ0) is 9.80. The molecule has 2 rings (SSSR count). The predicted molar refractivity (Wildman–Crippen MR) is 61.3 cm³/mol. The van der Waals surface area contributed by atoms with Gasteiger partial charge in [-0.1, -0.05) is 38.9 Å². The van der Waals surface area contributed by atoms with Crippen LogP contribution in [0.1, 0.15) is 19.3 Å². The standard InChI is InChI=1S/C12H13OP/c13-9-10-5-4-8-12(10)14-11-6-2-1-3-7-11/h1-3,6-7,9,14H,4-5,8H2. The maximum absolute atomic E-state index is 10.8. The number of carbonyl (C=O) groups is 1. The fraction of sp³-hybridized carbons (Fsp3) is 0.250. The van der Waals surface area contributed by atoms with Gasteiger partial charge in [0.05, 0.1) is 0 Å². The molecule has 1 aliphatic rings. The summed E-state index contributed by atoms with van der Waals surface area (Å²) in [6.07, 6.45) is 4.29. The first-order chi connectivity index (χ1) is 6.90. The van der Waals surface area contributed by atoms with Gasteiger partial charge in [0, 0.05) is 0 Å². The van der Waals surface area contributed by atoms with Gasteiger partial charge in [0.25, 0.3) is 0 Å². The molecule has 0 amide bonds. The lowest BCUT2D eigenvalue weighted by atomic mass is 10.3. The largest absolute Gasteiger partial charge is 0.298 e. The van der Waals surface area contributed by atoms with E-state index in [1.165, 1.54) is 10.6 Å². The van der Waals surface area contributed by atoms with E-state index in [-0.39, 0.29) is 0 Å². The molecular formula is C12H13OP. The zero-order valence-electron chi connectivity index (χ0n) is 7.99. The Morgan fingerprint density at radius 2 is 1.93 bits per heavy atom. The van der Waals surface area contributed by atoms with Gasteiger partial charge in [0.2, 0.25) is 0 Å². The lowest BCUT2D eigenvalue weighted by Gasteiger charge is -2.03. The Kier molecular flexibility index (Phi) is 3.10. The van der Waals surface area contributed by atoms with E-state index >= 15 is 0 Å². The molecule has 14 heavy (non-hydrogen) atoms. The molecule has 0 spiro atoms. The summed E-state index contributed by atoms with van der Waals surface area (Å²) in [5.74, 6) is 0. The summed E-state index contributed by atoms with van der Waals surface area (Å²) in [6.45, 7) is 0. The molecule has 0 N–H and O–H groups in total. The molecule has 0 aromatic heterocycles. The summed E-state index contributed by atoms with van der Waals surface area (Å²) in [5, 5.41) is 2.70. The van der Waals surface area contributed by atoms with E-state index in [0.29, 0.717) is 8.58 Å². The van der Waals surface area contributed by atoms with Crippen molar-refractivity contribution >= 4 is 20.2 Å². The molecule has 72 valence electrons. The van der Waals surface area contributed by atoms with Crippen LogP contribution in [0.15, 0.2) is 41.2 Å². The van der Waals surface area contributed by atoms with Crippen LogP contribution < -0.4 is 5.30 Å². The number of allylic oxidation sites excluding steroid dienone is 2. The molecule has 0 saturated heterocycles. The minimum Gasteiger partial charge on any atom is -0.298 e. The van der Waals surface area contributed by atoms with Crippen molar-refractivity contribution in [3.63, 3.8) is 0 Å². The number of carbonyl (C=O) groups excluding carboxylic acids is 1. The summed E-state index contributed by atoms with van der Waals surface area (Å²) in [5.41, 5.74) is 1.05. The highest BCUT2D eigenvalue weighted by atomic mass is 31.1. The van der Waals surface area contributed by atoms with Gasteiger partial charge in [-0.15, -0.1) is 0 Å². The number of rotatable bonds is 3. The average Bonchev–Trinajstić information content (AvgIpc) is 2.67. The lowest BCUT2D eigenvalue weighted by molar-refractivity contribution is -0.105. The summed E-state index contributed by atoms with van der Waals surface area (Å²) in [7, 11) is 0.694. The van der Waals surface area contributed by atoms with Crippen LogP contribution >= 0.6 is 8.58 Å². The van der Waals surface area contributed by atoms with E-state index in [0.717, 1.165) is 31.1 Å². The Hall–Kier alpha value is -0.940. The molecule has 0 radical (unpaired) electrons. The molecule has 1 aromatic rings. The SMILES string of the molecule is O=CC1=C(Pc2ccccc2)CCC1. The molecule has 0 bridgehead atoms. The molecule has 0 heterocycles. The van der Waals surface area contributed by atoms with Crippen LogP contribution in [0.3, 0.4) is 0 Å². The Balaban J connectivity index is 2.15. The Morgan fingerprint density at radius 3 is 2.64 bits per heavy atom. The van der Waals surface area contributed by atoms with Crippen LogP contribution in [-0.4, -0.2) is 6.29 Å². The molecule has 1 unspecified atom stereocenters. The second kappa shape index (κ2) is 4.52. The van der Waals surface area contributed by atoms with Gasteiger partial charge in [-0.3, -0.25) is 4.79 Å². The number of hydrogen-bond acceptors (Lipinski definition) is 1. The smallest absolute Gasteiger partial charge is 0.146 e. The topological polar surface area (TPSA) is 17.1 Å². The summed E-state index contributed by atoms with van der Waals surface area (Å²) >= 11 is 0. The molecule has 0 fully saturated rings. The number of hydrogen-bond donors (Lipinski definition) is 0.